The van der Waals surface area contributed by atoms with Gasteiger partial charge in [0.05, 0.1) is 10.6 Å². The quantitative estimate of drug-likeness (QED) is 0.786. The molecule has 1 N–H and O–H groups in total. The van der Waals surface area contributed by atoms with E-state index in [2.05, 4.69) is 9.88 Å². The zero-order valence-electron chi connectivity index (χ0n) is 13.2. The first-order valence-electron chi connectivity index (χ1n) is 7.74. The fourth-order valence-corrected chi connectivity index (χ4v) is 3.69. The average Bonchev–Trinajstić information content (AvgIpc) is 3.16. The first-order valence-corrected chi connectivity index (χ1v) is 8.62. The molecule has 1 aliphatic heterocycles. The molecule has 1 fully saturated rings. The summed E-state index contributed by atoms with van der Waals surface area (Å²) in [6.45, 7) is 3.54. The van der Waals surface area contributed by atoms with Gasteiger partial charge in [-0.25, -0.2) is 9.37 Å². The fourth-order valence-electron chi connectivity index (χ4n) is 3.04. The Kier molecular flexibility index (Phi) is 3.75. The van der Waals surface area contributed by atoms with Crippen LogP contribution in [0.2, 0.25) is 0 Å². The van der Waals surface area contributed by atoms with Crippen LogP contribution in [0.5, 0.6) is 0 Å². The molecule has 1 aromatic carbocycles. The van der Waals surface area contributed by atoms with E-state index in [1.54, 1.807) is 23.5 Å². The molecule has 3 heterocycles. The summed E-state index contributed by atoms with van der Waals surface area (Å²) in [7, 11) is 0. The van der Waals surface area contributed by atoms with E-state index in [4.69, 9.17) is 4.42 Å². The molecule has 0 atom stereocenters. The van der Waals surface area contributed by atoms with E-state index in [0.29, 0.717) is 25.5 Å². The number of hydrogen-bond donors (Lipinski definition) is 1. The lowest BCUT2D eigenvalue weighted by atomic mass is 9.86. The third-order valence-electron chi connectivity index (χ3n) is 4.35. The van der Waals surface area contributed by atoms with Gasteiger partial charge in [-0.1, -0.05) is 18.2 Å². The van der Waals surface area contributed by atoms with Crippen molar-refractivity contribution < 1.29 is 13.9 Å². The van der Waals surface area contributed by atoms with Gasteiger partial charge in [-0.15, -0.1) is 11.3 Å². The number of benzene rings is 1. The predicted octanol–water partition coefficient (Wildman–Crippen LogP) is 3.55. The molecule has 0 saturated carbocycles. The van der Waals surface area contributed by atoms with Gasteiger partial charge in [-0.3, -0.25) is 4.90 Å². The van der Waals surface area contributed by atoms with Crippen LogP contribution in [0, 0.1) is 12.7 Å². The van der Waals surface area contributed by atoms with Crippen molar-refractivity contribution in [2.75, 3.05) is 13.1 Å². The Morgan fingerprint density at radius 2 is 2.04 bits per heavy atom. The minimum Gasteiger partial charge on any atom is -0.440 e. The summed E-state index contributed by atoms with van der Waals surface area (Å²) in [6, 6.07) is 10.00. The van der Waals surface area contributed by atoms with Crippen LogP contribution >= 0.6 is 11.3 Å². The highest BCUT2D eigenvalue weighted by Gasteiger charge is 2.42. The van der Waals surface area contributed by atoms with Crippen LogP contribution < -0.4 is 0 Å². The molecule has 0 unspecified atom stereocenters. The molecule has 0 aliphatic carbocycles. The lowest BCUT2D eigenvalue weighted by Crippen LogP contribution is -2.58. The first-order chi connectivity index (χ1) is 11.5. The van der Waals surface area contributed by atoms with Crippen molar-refractivity contribution in [1.29, 1.82) is 0 Å². The number of oxazole rings is 1. The molecule has 0 radical (unpaired) electrons. The van der Waals surface area contributed by atoms with Crippen molar-refractivity contribution >= 4 is 11.3 Å². The highest BCUT2D eigenvalue weighted by molar-refractivity contribution is 7.13. The molecule has 0 bridgehead atoms. The van der Waals surface area contributed by atoms with Gasteiger partial charge >= 0.3 is 0 Å². The maximum atomic E-state index is 13.0. The summed E-state index contributed by atoms with van der Waals surface area (Å²) < 4.78 is 18.8. The standard InChI is InChI=1S/C18H17FN2O2S/c1-12-15(20-17(23-12)16-3-2-8-24-16)9-21-10-18(22,11-21)13-4-6-14(19)7-5-13/h2-8,22H,9-11H2,1H3. The summed E-state index contributed by atoms with van der Waals surface area (Å²) in [5.74, 6) is 1.15. The van der Waals surface area contributed by atoms with Crippen LogP contribution in [-0.4, -0.2) is 28.1 Å². The molecule has 1 aliphatic rings. The Morgan fingerprint density at radius 1 is 1.29 bits per heavy atom. The molecule has 1 saturated heterocycles. The molecule has 24 heavy (non-hydrogen) atoms. The molecular weight excluding hydrogens is 327 g/mol. The van der Waals surface area contributed by atoms with E-state index >= 15 is 0 Å². The van der Waals surface area contributed by atoms with Gasteiger partial charge in [-0.05, 0) is 36.1 Å². The van der Waals surface area contributed by atoms with Crippen molar-refractivity contribution in [2.24, 2.45) is 0 Å². The summed E-state index contributed by atoms with van der Waals surface area (Å²) in [5, 5.41) is 12.6. The molecule has 4 nitrogen and oxygen atoms in total. The van der Waals surface area contributed by atoms with E-state index in [9.17, 15) is 9.50 Å². The first kappa shape index (κ1) is 15.5. The number of halogens is 1. The average molecular weight is 344 g/mol. The Hall–Kier alpha value is -2.02. The van der Waals surface area contributed by atoms with E-state index in [1.807, 2.05) is 24.4 Å². The Morgan fingerprint density at radius 3 is 2.71 bits per heavy atom. The van der Waals surface area contributed by atoms with Crippen molar-refractivity contribution in [3.63, 3.8) is 0 Å². The number of aliphatic hydroxyl groups is 1. The fraction of sp³-hybridized carbons (Fsp3) is 0.278. The Bertz CT molecular complexity index is 837. The lowest BCUT2D eigenvalue weighted by molar-refractivity contribution is -0.108. The number of thiophene rings is 1. The minimum absolute atomic E-state index is 0.294. The number of aryl methyl sites for hydroxylation is 1. The maximum Gasteiger partial charge on any atom is 0.236 e. The SMILES string of the molecule is Cc1oc(-c2cccs2)nc1CN1CC(O)(c2ccc(F)cc2)C1. The molecular formula is C18H17FN2O2S. The van der Waals surface area contributed by atoms with Gasteiger partial charge in [-0.2, -0.15) is 0 Å². The number of aromatic nitrogens is 1. The topological polar surface area (TPSA) is 49.5 Å². The van der Waals surface area contributed by atoms with Gasteiger partial charge in [0.15, 0.2) is 0 Å². The number of rotatable bonds is 4. The van der Waals surface area contributed by atoms with E-state index < -0.39 is 5.60 Å². The summed E-state index contributed by atoms with van der Waals surface area (Å²) >= 11 is 1.59. The Labute approximate surface area is 143 Å². The van der Waals surface area contributed by atoms with E-state index in [-0.39, 0.29) is 5.82 Å². The maximum absolute atomic E-state index is 13.0. The van der Waals surface area contributed by atoms with Gasteiger partial charge in [0.1, 0.15) is 17.2 Å². The molecule has 4 rings (SSSR count). The number of hydrogen-bond acceptors (Lipinski definition) is 5. The second-order valence-electron chi connectivity index (χ2n) is 6.18. The zero-order chi connectivity index (χ0) is 16.7. The minimum atomic E-state index is -0.915. The van der Waals surface area contributed by atoms with Crippen LogP contribution in [0.25, 0.3) is 10.8 Å². The lowest BCUT2D eigenvalue weighted by Gasteiger charge is -2.46. The van der Waals surface area contributed by atoms with Crippen LogP contribution in [-0.2, 0) is 12.1 Å². The molecule has 0 spiro atoms. The van der Waals surface area contributed by atoms with Crippen molar-refractivity contribution in [1.82, 2.24) is 9.88 Å². The van der Waals surface area contributed by atoms with Gasteiger partial charge in [0.25, 0.3) is 0 Å². The van der Waals surface area contributed by atoms with Gasteiger partial charge in [0, 0.05) is 19.6 Å². The molecule has 6 heteroatoms. The van der Waals surface area contributed by atoms with Crippen molar-refractivity contribution in [2.45, 2.75) is 19.1 Å². The van der Waals surface area contributed by atoms with Crippen LogP contribution in [0.1, 0.15) is 17.0 Å². The van der Waals surface area contributed by atoms with Crippen LogP contribution in [0.3, 0.4) is 0 Å². The smallest absolute Gasteiger partial charge is 0.236 e. The predicted molar refractivity (Wildman–Crippen MR) is 90.1 cm³/mol. The number of β-amino-alcohol motifs (C(OH)–C–C–N with tert-alkyl or cyclic N) is 1. The normalized spacial score (nSPS) is 17.0. The number of likely N-dealkylation sites (tertiary alicyclic amines) is 1. The van der Waals surface area contributed by atoms with Crippen LogP contribution in [0.4, 0.5) is 4.39 Å². The second kappa shape index (κ2) is 5.81. The van der Waals surface area contributed by atoms with Gasteiger partial charge < -0.3 is 9.52 Å². The molecule has 0 amide bonds. The Balaban J connectivity index is 1.44. The van der Waals surface area contributed by atoms with E-state index in [0.717, 1.165) is 21.9 Å². The zero-order valence-corrected chi connectivity index (χ0v) is 14.0. The van der Waals surface area contributed by atoms with Gasteiger partial charge in [0.2, 0.25) is 5.89 Å². The monoisotopic (exact) mass is 344 g/mol. The van der Waals surface area contributed by atoms with Crippen molar-refractivity contribution in [3.05, 3.63) is 64.6 Å². The summed E-state index contributed by atoms with van der Waals surface area (Å²) in [6.07, 6.45) is 0. The highest BCUT2D eigenvalue weighted by Crippen LogP contribution is 2.34. The number of nitrogens with zero attached hydrogens (tertiary/aromatic N) is 2. The third kappa shape index (κ3) is 2.77. The largest absolute Gasteiger partial charge is 0.440 e. The highest BCUT2D eigenvalue weighted by atomic mass is 32.1. The van der Waals surface area contributed by atoms with E-state index in [1.165, 1.54) is 12.1 Å². The molecule has 3 aromatic rings. The molecule has 2 aromatic heterocycles. The second-order valence-corrected chi connectivity index (χ2v) is 7.13. The van der Waals surface area contributed by atoms with Crippen LogP contribution in [0.15, 0.2) is 46.2 Å². The molecule has 124 valence electrons. The summed E-state index contributed by atoms with van der Waals surface area (Å²) in [4.78, 5) is 7.69. The van der Waals surface area contributed by atoms with Crippen molar-refractivity contribution in [3.8, 4) is 10.8 Å². The summed E-state index contributed by atoms with van der Waals surface area (Å²) in [5.41, 5.74) is 0.720. The third-order valence-corrected chi connectivity index (χ3v) is 5.21.